The van der Waals surface area contributed by atoms with Crippen molar-refractivity contribution in [3.05, 3.63) is 48.3 Å². The number of nitrogens with two attached hydrogens (primary N) is 1. The molecule has 0 saturated heterocycles. The smallest absolute Gasteiger partial charge is 0.145 e. The van der Waals surface area contributed by atoms with Crippen LogP contribution in [0.1, 0.15) is 6.92 Å². The van der Waals surface area contributed by atoms with Gasteiger partial charge in [0.2, 0.25) is 0 Å². The molecule has 0 aromatic heterocycles. The first-order chi connectivity index (χ1) is 8.69. The van der Waals surface area contributed by atoms with Gasteiger partial charge in [0.1, 0.15) is 23.1 Å². The minimum Gasteiger partial charge on any atom is -0.492 e. The molecule has 3 nitrogen and oxygen atoms in total. The third-order valence-electron chi connectivity index (χ3n) is 2.32. The van der Waals surface area contributed by atoms with Crippen LogP contribution in [0.25, 0.3) is 0 Å². The number of anilines is 1. The quantitative estimate of drug-likeness (QED) is 0.839. The first-order valence-corrected chi connectivity index (χ1v) is 5.65. The van der Waals surface area contributed by atoms with Gasteiger partial charge in [-0.3, -0.25) is 0 Å². The molecular formula is C14H14FNO2. The lowest BCUT2D eigenvalue weighted by Gasteiger charge is -2.10. The maximum atomic E-state index is 13.0. The van der Waals surface area contributed by atoms with Crippen molar-refractivity contribution in [2.45, 2.75) is 6.92 Å². The molecule has 4 heteroatoms. The normalized spacial score (nSPS) is 10.1. The van der Waals surface area contributed by atoms with E-state index in [0.29, 0.717) is 29.5 Å². The van der Waals surface area contributed by atoms with Gasteiger partial charge in [0.05, 0.1) is 12.3 Å². The van der Waals surface area contributed by atoms with Gasteiger partial charge in [0.15, 0.2) is 0 Å². The Labute approximate surface area is 105 Å². The van der Waals surface area contributed by atoms with E-state index in [4.69, 9.17) is 15.2 Å². The molecule has 0 radical (unpaired) electrons. The lowest BCUT2D eigenvalue weighted by Crippen LogP contribution is -1.97. The van der Waals surface area contributed by atoms with Gasteiger partial charge in [-0.15, -0.1) is 0 Å². The van der Waals surface area contributed by atoms with Crippen LogP contribution in [0.2, 0.25) is 0 Å². The standard InChI is InChI=1S/C14H14FNO2/c1-2-17-14-9-12(6-7-13(14)16)18-11-5-3-4-10(15)8-11/h3-9H,2,16H2,1H3. The van der Waals surface area contributed by atoms with E-state index in [-0.39, 0.29) is 5.82 Å². The third kappa shape index (κ3) is 2.91. The monoisotopic (exact) mass is 247 g/mol. The highest BCUT2D eigenvalue weighted by molar-refractivity contribution is 5.56. The lowest BCUT2D eigenvalue weighted by atomic mass is 10.2. The topological polar surface area (TPSA) is 44.5 Å². The number of benzene rings is 2. The second-order valence-electron chi connectivity index (χ2n) is 3.69. The predicted molar refractivity (Wildman–Crippen MR) is 68.5 cm³/mol. The first-order valence-electron chi connectivity index (χ1n) is 5.65. The van der Waals surface area contributed by atoms with Gasteiger partial charge in [-0.2, -0.15) is 0 Å². The van der Waals surface area contributed by atoms with E-state index >= 15 is 0 Å². The van der Waals surface area contributed by atoms with Crippen LogP contribution in [0.3, 0.4) is 0 Å². The molecule has 2 aromatic carbocycles. The van der Waals surface area contributed by atoms with Crippen LogP contribution >= 0.6 is 0 Å². The molecular weight excluding hydrogens is 233 g/mol. The molecule has 0 unspecified atom stereocenters. The summed E-state index contributed by atoms with van der Waals surface area (Å²) in [6.07, 6.45) is 0. The minimum atomic E-state index is -0.340. The first kappa shape index (κ1) is 12.2. The molecule has 0 aliphatic heterocycles. The Morgan fingerprint density at radius 3 is 2.61 bits per heavy atom. The third-order valence-corrected chi connectivity index (χ3v) is 2.32. The van der Waals surface area contributed by atoms with Gasteiger partial charge in [-0.25, -0.2) is 4.39 Å². The summed E-state index contributed by atoms with van der Waals surface area (Å²) in [5.41, 5.74) is 6.30. The molecule has 2 aromatic rings. The molecule has 2 rings (SSSR count). The summed E-state index contributed by atoms with van der Waals surface area (Å²) in [5, 5.41) is 0. The highest BCUT2D eigenvalue weighted by Crippen LogP contribution is 2.30. The van der Waals surface area contributed by atoms with Crippen molar-refractivity contribution in [2.24, 2.45) is 0 Å². The van der Waals surface area contributed by atoms with Gasteiger partial charge in [0.25, 0.3) is 0 Å². The number of nitrogen functional groups attached to an aromatic ring is 1. The van der Waals surface area contributed by atoms with Gasteiger partial charge < -0.3 is 15.2 Å². The molecule has 0 atom stereocenters. The van der Waals surface area contributed by atoms with Crippen LogP contribution in [-0.2, 0) is 0 Å². The molecule has 0 bridgehead atoms. The van der Waals surface area contributed by atoms with Gasteiger partial charge in [0, 0.05) is 12.1 Å². The highest BCUT2D eigenvalue weighted by atomic mass is 19.1. The Morgan fingerprint density at radius 2 is 1.89 bits per heavy atom. The zero-order valence-electron chi connectivity index (χ0n) is 10.0. The minimum absolute atomic E-state index is 0.340. The van der Waals surface area contributed by atoms with Crippen molar-refractivity contribution in [1.29, 1.82) is 0 Å². The largest absolute Gasteiger partial charge is 0.492 e. The average Bonchev–Trinajstić information content (AvgIpc) is 2.34. The Hall–Kier alpha value is -2.23. The molecule has 0 aliphatic rings. The molecule has 0 heterocycles. The fraction of sp³-hybridized carbons (Fsp3) is 0.143. The summed E-state index contributed by atoms with van der Waals surface area (Å²) >= 11 is 0. The lowest BCUT2D eigenvalue weighted by molar-refractivity contribution is 0.340. The summed E-state index contributed by atoms with van der Waals surface area (Å²) in [7, 11) is 0. The Bertz CT molecular complexity index is 543. The summed E-state index contributed by atoms with van der Waals surface area (Å²) in [5.74, 6) is 1.21. The summed E-state index contributed by atoms with van der Waals surface area (Å²) < 4.78 is 23.9. The highest BCUT2D eigenvalue weighted by Gasteiger charge is 2.04. The van der Waals surface area contributed by atoms with E-state index in [0.717, 1.165) is 0 Å². The Balaban J connectivity index is 2.21. The Kier molecular flexibility index (Phi) is 3.67. The van der Waals surface area contributed by atoms with Crippen molar-refractivity contribution in [3.63, 3.8) is 0 Å². The van der Waals surface area contributed by atoms with Crippen molar-refractivity contribution in [3.8, 4) is 17.2 Å². The number of halogens is 1. The molecule has 18 heavy (non-hydrogen) atoms. The van der Waals surface area contributed by atoms with Crippen LogP contribution in [0.15, 0.2) is 42.5 Å². The van der Waals surface area contributed by atoms with E-state index in [9.17, 15) is 4.39 Å². The van der Waals surface area contributed by atoms with Gasteiger partial charge in [-0.1, -0.05) is 6.07 Å². The second-order valence-corrected chi connectivity index (χ2v) is 3.69. The summed E-state index contributed by atoms with van der Waals surface area (Å²) in [4.78, 5) is 0. The van der Waals surface area contributed by atoms with Crippen LogP contribution < -0.4 is 15.2 Å². The molecule has 0 fully saturated rings. The van der Waals surface area contributed by atoms with Crippen LogP contribution in [0.4, 0.5) is 10.1 Å². The molecule has 2 N–H and O–H groups in total. The van der Waals surface area contributed by atoms with Crippen LogP contribution in [0, 0.1) is 5.82 Å². The SMILES string of the molecule is CCOc1cc(Oc2cccc(F)c2)ccc1N. The Morgan fingerprint density at radius 1 is 1.11 bits per heavy atom. The fourth-order valence-corrected chi connectivity index (χ4v) is 1.53. The van der Waals surface area contributed by atoms with Crippen molar-refractivity contribution >= 4 is 5.69 Å². The van der Waals surface area contributed by atoms with E-state index in [1.807, 2.05) is 6.92 Å². The van der Waals surface area contributed by atoms with Crippen molar-refractivity contribution in [2.75, 3.05) is 12.3 Å². The van der Waals surface area contributed by atoms with E-state index in [1.165, 1.54) is 12.1 Å². The van der Waals surface area contributed by atoms with Crippen molar-refractivity contribution in [1.82, 2.24) is 0 Å². The maximum absolute atomic E-state index is 13.0. The van der Waals surface area contributed by atoms with Gasteiger partial charge in [-0.05, 0) is 31.2 Å². The summed E-state index contributed by atoms with van der Waals surface area (Å²) in [6, 6.07) is 11.0. The molecule has 0 aliphatic carbocycles. The number of hydrogen-bond donors (Lipinski definition) is 1. The molecule has 0 saturated carbocycles. The van der Waals surface area contributed by atoms with E-state index in [2.05, 4.69) is 0 Å². The number of ether oxygens (including phenoxy) is 2. The van der Waals surface area contributed by atoms with E-state index in [1.54, 1.807) is 30.3 Å². The van der Waals surface area contributed by atoms with Crippen LogP contribution in [-0.4, -0.2) is 6.61 Å². The number of rotatable bonds is 4. The zero-order valence-corrected chi connectivity index (χ0v) is 10.0. The fourth-order valence-electron chi connectivity index (χ4n) is 1.53. The number of hydrogen-bond acceptors (Lipinski definition) is 3. The second kappa shape index (κ2) is 5.40. The molecule has 0 amide bonds. The molecule has 94 valence electrons. The van der Waals surface area contributed by atoms with Crippen LogP contribution in [0.5, 0.6) is 17.2 Å². The maximum Gasteiger partial charge on any atom is 0.145 e. The van der Waals surface area contributed by atoms with Crippen molar-refractivity contribution < 1.29 is 13.9 Å². The predicted octanol–water partition coefficient (Wildman–Crippen LogP) is 3.60. The molecule has 0 spiro atoms. The van der Waals surface area contributed by atoms with Gasteiger partial charge >= 0.3 is 0 Å². The van der Waals surface area contributed by atoms with E-state index < -0.39 is 0 Å². The zero-order chi connectivity index (χ0) is 13.0. The summed E-state index contributed by atoms with van der Waals surface area (Å²) in [6.45, 7) is 2.40. The average molecular weight is 247 g/mol.